The first kappa shape index (κ1) is 8.51. The molecule has 0 spiro atoms. The summed E-state index contributed by atoms with van der Waals surface area (Å²) in [5.41, 5.74) is 1.00. The Bertz CT molecular complexity index is 516. The van der Waals surface area contributed by atoms with Crippen LogP contribution < -0.4 is 5.43 Å². The minimum atomic E-state index is 0.0497. The van der Waals surface area contributed by atoms with Crippen LogP contribution in [0.25, 0.3) is 10.9 Å². The van der Waals surface area contributed by atoms with E-state index >= 15 is 0 Å². The lowest BCUT2D eigenvalue weighted by atomic mass is 10.2. The van der Waals surface area contributed by atoms with Gasteiger partial charge in [0.15, 0.2) is 0 Å². The van der Waals surface area contributed by atoms with Crippen molar-refractivity contribution in [3.05, 3.63) is 45.2 Å². The molecular formula is C10H8BrNO. The van der Waals surface area contributed by atoms with Crippen LogP contribution in [0.5, 0.6) is 0 Å². The first-order valence-electron chi connectivity index (χ1n) is 3.94. The van der Waals surface area contributed by atoms with Crippen LogP contribution in [0, 0.1) is 0 Å². The fraction of sp³-hybridized carbons (Fsp3) is 0.100. The van der Waals surface area contributed by atoms with Gasteiger partial charge in [-0.15, -0.1) is 0 Å². The molecule has 0 radical (unpaired) electrons. The Morgan fingerprint density at radius 3 is 2.77 bits per heavy atom. The highest BCUT2D eigenvalue weighted by Gasteiger charge is 2.02. The maximum Gasteiger partial charge on any atom is 0.203 e. The van der Waals surface area contributed by atoms with E-state index in [1.807, 2.05) is 35.9 Å². The zero-order chi connectivity index (χ0) is 9.42. The van der Waals surface area contributed by atoms with Gasteiger partial charge in [-0.25, -0.2) is 0 Å². The zero-order valence-electron chi connectivity index (χ0n) is 7.12. The highest BCUT2D eigenvalue weighted by Crippen LogP contribution is 2.12. The van der Waals surface area contributed by atoms with Crippen LogP contribution in [-0.4, -0.2) is 4.57 Å². The van der Waals surface area contributed by atoms with Crippen LogP contribution >= 0.6 is 15.9 Å². The Balaban J connectivity index is 3.06. The smallest absolute Gasteiger partial charge is 0.203 e. The van der Waals surface area contributed by atoms with Crippen LogP contribution in [0.2, 0.25) is 0 Å². The lowest BCUT2D eigenvalue weighted by molar-refractivity contribution is 0.944. The molecule has 0 amide bonds. The van der Waals surface area contributed by atoms with Crippen LogP contribution in [-0.2, 0) is 7.05 Å². The molecule has 0 N–H and O–H groups in total. The highest BCUT2D eigenvalue weighted by molar-refractivity contribution is 9.10. The van der Waals surface area contributed by atoms with Gasteiger partial charge in [0.2, 0.25) is 5.43 Å². The fourth-order valence-electron chi connectivity index (χ4n) is 1.40. The van der Waals surface area contributed by atoms with Gasteiger partial charge in [0.1, 0.15) is 0 Å². The van der Waals surface area contributed by atoms with E-state index in [2.05, 4.69) is 15.9 Å². The third kappa shape index (κ3) is 1.29. The van der Waals surface area contributed by atoms with Gasteiger partial charge in [-0.05, 0) is 28.1 Å². The number of fused-ring (bicyclic) bond motifs is 1. The van der Waals surface area contributed by atoms with Crippen molar-refractivity contribution in [1.29, 1.82) is 0 Å². The summed E-state index contributed by atoms with van der Waals surface area (Å²) in [4.78, 5) is 11.6. The number of para-hydroxylation sites is 1. The fourth-order valence-corrected chi connectivity index (χ4v) is 1.92. The second-order valence-corrected chi connectivity index (χ2v) is 3.79. The Hall–Kier alpha value is -1.09. The summed E-state index contributed by atoms with van der Waals surface area (Å²) in [7, 11) is 1.92. The quantitative estimate of drug-likeness (QED) is 0.690. The third-order valence-electron chi connectivity index (χ3n) is 2.05. The van der Waals surface area contributed by atoms with Gasteiger partial charge in [-0.1, -0.05) is 12.1 Å². The van der Waals surface area contributed by atoms with Gasteiger partial charge in [-0.2, -0.15) is 0 Å². The van der Waals surface area contributed by atoms with E-state index in [0.29, 0.717) is 4.47 Å². The minimum absolute atomic E-state index is 0.0497. The Morgan fingerprint density at radius 1 is 1.31 bits per heavy atom. The Labute approximate surface area is 83.9 Å². The summed E-state index contributed by atoms with van der Waals surface area (Å²) < 4.78 is 2.54. The molecule has 0 atom stereocenters. The molecule has 66 valence electrons. The summed E-state index contributed by atoms with van der Waals surface area (Å²) in [6.45, 7) is 0. The first-order valence-corrected chi connectivity index (χ1v) is 4.73. The molecule has 0 saturated carbocycles. The van der Waals surface area contributed by atoms with Crippen molar-refractivity contribution in [1.82, 2.24) is 4.57 Å². The van der Waals surface area contributed by atoms with Crippen LogP contribution in [0.1, 0.15) is 0 Å². The van der Waals surface area contributed by atoms with Crippen molar-refractivity contribution >= 4 is 26.8 Å². The number of hydrogen-bond acceptors (Lipinski definition) is 1. The average Bonchev–Trinajstić information content (AvgIpc) is 2.15. The van der Waals surface area contributed by atoms with Crippen molar-refractivity contribution in [3.63, 3.8) is 0 Å². The monoisotopic (exact) mass is 237 g/mol. The molecule has 0 aliphatic heterocycles. The second-order valence-electron chi connectivity index (χ2n) is 2.93. The lowest BCUT2D eigenvalue weighted by Gasteiger charge is -2.04. The number of aromatic nitrogens is 1. The number of benzene rings is 1. The van der Waals surface area contributed by atoms with Gasteiger partial charge >= 0.3 is 0 Å². The summed E-state index contributed by atoms with van der Waals surface area (Å²) in [5.74, 6) is 0. The largest absolute Gasteiger partial charge is 0.349 e. The van der Waals surface area contributed by atoms with Gasteiger partial charge in [0.25, 0.3) is 0 Å². The normalized spacial score (nSPS) is 10.6. The molecule has 2 nitrogen and oxygen atoms in total. The summed E-state index contributed by atoms with van der Waals surface area (Å²) in [6, 6.07) is 7.57. The van der Waals surface area contributed by atoms with Gasteiger partial charge < -0.3 is 4.57 Å². The predicted octanol–water partition coefficient (Wildman–Crippen LogP) is 2.30. The molecule has 13 heavy (non-hydrogen) atoms. The number of nitrogens with zero attached hydrogens (tertiary/aromatic N) is 1. The van der Waals surface area contributed by atoms with E-state index in [4.69, 9.17) is 0 Å². The molecule has 1 aromatic carbocycles. The third-order valence-corrected chi connectivity index (χ3v) is 2.62. The highest BCUT2D eigenvalue weighted by atomic mass is 79.9. The van der Waals surface area contributed by atoms with Crippen molar-refractivity contribution in [2.45, 2.75) is 0 Å². The second kappa shape index (κ2) is 3.00. The van der Waals surface area contributed by atoms with Crippen molar-refractivity contribution in [2.75, 3.05) is 0 Å². The van der Waals surface area contributed by atoms with Gasteiger partial charge in [0, 0.05) is 18.6 Å². The molecule has 2 rings (SSSR count). The standard InChI is InChI=1S/C10H8BrNO/c1-12-6-8(11)10(13)7-4-2-3-5-9(7)12/h2-6H,1H3. The van der Waals surface area contributed by atoms with Crippen LogP contribution in [0.4, 0.5) is 0 Å². The number of halogens is 1. The van der Waals surface area contributed by atoms with E-state index in [1.54, 1.807) is 6.20 Å². The van der Waals surface area contributed by atoms with Crippen LogP contribution in [0.3, 0.4) is 0 Å². The number of pyridine rings is 1. The molecule has 1 heterocycles. The molecule has 0 saturated heterocycles. The number of hydrogen-bond donors (Lipinski definition) is 0. The molecule has 0 aliphatic carbocycles. The van der Waals surface area contributed by atoms with Crippen LogP contribution in [0.15, 0.2) is 39.7 Å². The zero-order valence-corrected chi connectivity index (χ0v) is 8.71. The maximum atomic E-state index is 11.6. The van der Waals surface area contributed by atoms with E-state index in [9.17, 15) is 4.79 Å². The summed E-state index contributed by atoms with van der Waals surface area (Å²) in [5, 5.41) is 0.749. The SMILES string of the molecule is Cn1cc(Br)c(=O)c2ccccc21. The number of aryl methyl sites for hydroxylation is 1. The van der Waals surface area contributed by atoms with Gasteiger partial charge in [0.05, 0.1) is 9.99 Å². The van der Waals surface area contributed by atoms with Crippen molar-refractivity contribution in [2.24, 2.45) is 7.05 Å². The molecule has 0 fully saturated rings. The molecule has 2 aromatic rings. The Kier molecular flexibility index (Phi) is 1.96. The molecule has 0 unspecified atom stereocenters. The van der Waals surface area contributed by atoms with Crippen molar-refractivity contribution in [3.8, 4) is 0 Å². The van der Waals surface area contributed by atoms with E-state index in [-0.39, 0.29) is 5.43 Å². The molecular weight excluding hydrogens is 230 g/mol. The maximum absolute atomic E-state index is 11.6. The van der Waals surface area contributed by atoms with Gasteiger partial charge in [-0.3, -0.25) is 4.79 Å². The summed E-state index contributed by atoms with van der Waals surface area (Å²) in [6.07, 6.45) is 1.78. The predicted molar refractivity (Wildman–Crippen MR) is 56.9 cm³/mol. The lowest BCUT2D eigenvalue weighted by Crippen LogP contribution is -2.07. The van der Waals surface area contributed by atoms with E-state index in [1.165, 1.54) is 0 Å². The first-order chi connectivity index (χ1) is 6.20. The van der Waals surface area contributed by atoms with E-state index in [0.717, 1.165) is 10.9 Å². The average molecular weight is 238 g/mol. The summed E-state index contributed by atoms with van der Waals surface area (Å²) >= 11 is 3.23. The van der Waals surface area contributed by atoms with Crippen molar-refractivity contribution < 1.29 is 0 Å². The topological polar surface area (TPSA) is 22.0 Å². The molecule has 3 heteroatoms. The Morgan fingerprint density at radius 2 is 2.00 bits per heavy atom. The molecule has 0 bridgehead atoms. The minimum Gasteiger partial charge on any atom is -0.349 e. The molecule has 0 aliphatic rings. The van der Waals surface area contributed by atoms with E-state index < -0.39 is 0 Å². The number of rotatable bonds is 0. The molecule has 1 aromatic heterocycles.